The molecule has 1 atom stereocenters. The molecule has 0 spiro atoms. The molecule has 2 aromatic heterocycles. The van der Waals surface area contributed by atoms with Crippen molar-refractivity contribution in [3.05, 3.63) is 46.7 Å². The van der Waals surface area contributed by atoms with Crippen LogP contribution in [0, 0.1) is 6.92 Å². The van der Waals surface area contributed by atoms with E-state index in [2.05, 4.69) is 16.9 Å². The molecule has 3 aromatic rings. The molecule has 1 amide bonds. The minimum atomic E-state index is 0.163. The lowest BCUT2D eigenvalue weighted by atomic mass is 9.98. The molecule has 3 heterocycles. The van der Waals surface area contributed by atoms with E-state index in [0.29, 0.717) is 12.5 Å². The molecule has 1 aromatic carbocycles. The van der Waals surface area contributed by atoms with Crippen molar-refractivity contribution in [2.75, 3.05) is 13.1 Å². The average Bonchev–Trinajstić information content (AvgIpc) is 3.22. The zero-order valence-corrected chi connectivity index (χ0v) is 14.5. The normalized spacial score (nSPS) is 18.2. The maximum atomic E-state index is 12.8. The van der Waals surface area contributed by atoms with Crippen LogP contribution in [0.15, 0.2) is 36.8 Å². The summed E-state index contributed by atoms with van der Waals surface area (Å²) in [6.07, 6.45) is 5.84. The first-order valence-corrected chi connectivity index (χ1v) is 9.12. The highest BCUT2D eigenvalue weighted by atomic mass is 32.1. The lowest BCUT2D eigenvalue weighted by molar-refractivity contribution is -0.133. The first-order chi connectivity index (χ1) is 11.7. The number of hydrogen-bond acceptors (Lipinski definition) is 4. The maximum Gasteiger partial charge on any atom is 0.242 e. The lowest BCUT2D eigenvalue weighted by Crippen LogP contribution is -2.40. The minimum Gasteiger partial charge on any atom is -0.340 e. The third-order valence-electron chi connectivity index (χ3n) is 4.60. The van der Waals surface area contributed by atoms with Gasteiger partial charge in [0.05, 0.1) is 22.4 Å². The molecule has 1 aliphatic rings. The fourth-order valence-corrected chi connectivity index (χ4v) is 4.25. The van der Waals surface area contributed by atoms with Crippen LogP contribution in [-0.4, -0.2) is 38.4 Å². The van der Waals surface area contributed by atoms with Gasteiger partial charge in [0.1, 0.15) is 6.54 Å². The SMILES string of the molecule is Cc1cnc(C2CCCN(C(=O)Cn3cnc4ccccc43)C2)s1. The number of aryl methyl sites for hydroxylation is 1. The van der Waals surface area contributed by atoms with Gasteiger partial charge in [-0.15, -0.1) is 11.3 Å². The van der Waals surface area contributed by atoms with E-state index in [-0.39, 0.29) is 5.91 Å². The van der Waals surface area contributed by atoms with Gasteiger partial charge in [0.15, 0.2) is 0 Å². The summed E-state index contributed by atoms with van der Waals surface area (Å²) < 4.78 is 1.94. The largest absolute Gasteiger partial charge is 0.340 e. The van der Waals surface area contributed by atoms with Gasteiger partial charge in [-0.2, -0.15) is 0 Å². The van der Waals surface area contributed by atoms with E-state index in [4.69, 9.17) is 0 Å². The molecule has 1 unspecified atom stereocenters. The first kappa shape index (κ1) is 15.3. The number of likely N-dealkylation sites (tertiary alicyclic amines) is 1. The Bertz CT molecular complexity index is 869. The smallest absolute Gasteiger partial charge is 0.242 e. The van der Waals surface area contributed by atoms with Crippen molar-refractivity contribution >= 4 is 28.3 Å². The fraction of sp³-hybridized carbons (Fsp3) is 0.389. The summed E-state index contributed by atoms with van der Waals surface area (Å²) in [4.78, 5) is 24.9. The molecular formula is C18H20N4OS. The molecule has 4 rings (SSSR count). The third-order valence-corrected chi connectivity index (χ3v) is 5.67. The Hall–Kier alpha value is -2.21. The fourth-order valence-electron chi connectivity index (χ4n) is 3.35. The van der Waals surface area contributed by atoms with Crippen molar-refractivity contribution in [2.45, 2.75) is 32.2 Å². The van der Waals surface area contributed by atoms with Crippen molar-refractivity contribution in [1.29, 1.82) is 0 Å². The molecule has 1 aliphatic heterocycles. The molecule has 6 heteroatoms. The van der Waals surface area contributed by atoms with Crippen LogP contribution in [0.4, 0.5) is 0 Å². The maximum absolute atomic E-state index is 12.8. The number of amides is 1. The molecule has 24 heavy (non-hydrogen) atoms. The summed E-state index contributed by atoms with van der Waals surface area (Å²) in [5.74, 6) is 0.539. The number of carbonyl (C=O) groups is 1. The Morgan fingerprint density at radius 3 is 3.04 bits per heavy atom. The number of rotatable bonds is 3. The highest BCUT2D eigenvalue weighted by Gasteiger charge is 2.26. The summed E-state index contributed by atoms with van der Waals surface area (Å²) in [7, 11) is 0. The van der Waals surface area contributed by atoms with E-state index in [9.17, 15) is 4.79 Å². The second kappa shape index (κ2) is 6.36. The molecular weight excluding hydrogens is 320 g/mol. The molecule has 124 valence electrons. The topological polar surface area (TPSA) is 51.0 Å². The van der Waals surface area contributed by atoms with Crippen molar-refractivity contribution in [3.8, 4) is 0 Å². The van der Waals surface area contributed by atoms with Gasteiger partial charge in [0.25, 0.3) is 0 Å². The van der Waals surface area contributed by atoms with Gasteiger partial charge in [0, 0.05) is 30.1 Å². The van der Waals surface area contributed by atoms with Crippen LogP contribution in [-0.2, 0) is 11.3 Å². The number of imidazole rings is 1. The van der Waals surface area contributed by atoms with Gasteiger partial charge in [-0.05, 0) is 31.9 Å². The van der Waals surface area contributed by atoms with E-state index in [1.165, 1.54) is 4.88 Å². The van der Waals surface area contributed by atoms with Gasteiger partial charge in [-0.25, -0.2) is 9.97 Å². The van der Waals surface area contributed by atoms with Crippen molar-refractivity contribution in [2.24, 2.45) is 0 Å². The quantitative estimate of drug-likeness (QED) is 0.736. The number of benzene rings is 1. The van der Waals surface area contributed by atoms with Gasteiger partial charge >= 0.3 is 0 Å². The second-order valence-corrected chi connectivity index (χ2v) is 7.62. The van der Waals surface area contributed by atoms with Crippen LogP contribution in [0.25, 0.3) is 11.0 Å². The van der Waals surface area contributed by atoms with Crippen LogP contribution in [0.1, 0.15) is 28.6 Å². The van der Waals surface area contributed by atoms with E-state index in [1.807, 2.05) is 39.9 Å². The molecule has 0 aliphatic carbocycles. The zero-order valence-electron chi connectivity index (χ0n) is 13.7. The zero-order chi connectivity index (χ0) is 16.5. The Morgan fingerprint density at radius 2 is 2.21 bits per heavy atom. The molecule has 5 nitrogen and oxygen atoms in total. The minimum absolute atomic E-state index is 0.163. The second-order valence-electron chi connectivity index (χ2n) is 6.35. The van der Waals surface area contributed by atoms with Crippen molar-refractivity contribution in [1.82, 2.24) is 19.4 Å². The number of thiazole rings is 1. The summed E-state index contributed by atoms with van der Waals surface area (Å²) in [5.41, 5.74) is 1.94. The van der Waals surface area contributed by atoms with E-state index in [1.54, 1.807) is 17.7 Å². The summed E-state index contributed by atoms with van der Waals surface area (Å²) in [5, 5.41) is 1.16. The van der Waals surface area contributed by atoms with E-state index < -0.39 is 0 Å². The molecule has 1 fully saturated rings. The van der Waals surface area contributed by atoms with Crippen LogP contribution >= 0.6 is 11.3 Å². The van der Waals surface area contributed by atoms with Gasteiger partial charge in [0.2, 0.25) is 5.91 Å². The number of hydrogen-bond donors (Lipinski definition) is 0. The molecule has 0 saturated carbocycles. The Labute approximate surface area is 145 Å². The van der Waals surface area contributed by atoms with E-state index >= 15 is 0 Å². The summed E-state index contributed by atoms with van der Waals surface area (Å²) >= 11 is 1.75. The number of nitrogens with zero attached hydrogens (tertiary/aromatic N) is 4. The Kier molecular flexibility index (Phi) is 4.06. The Balaban J connectivity index is 1.48. The van der Waals surface area contributed by atoms with Crippen LogP contribution in [0.3, 0.4) is 0 Å². The number of para-hydroxylation sites is 2. The average molecular weight is 340 g/mol. The molecule has 0 radical (unpaired) electrons. The molecule has 0 bridgehead atoms. The predicted molar refractivity (Wildman–Crippen MR) is 95.1 cm³/mol. The van der Waals surface area contributed by atoms with Crippen molar-refractivity contribution in [3.63, 3.8) is 0 Å². The highest BCUT2D eigenvalue weighted by Crippen LogP contribution is 2.30. The standard InChI is InChI=1S/C18H20N4OS/c1-13-9-19-18(24-13)14-5-4-8-21(10-14)17(23)11-22-12-20-15-6-2-3-7-16(15)22/h2-3,6-7,9,12,14H,4-5,8,10-11H2,1H3. The Morgan fingerprint density at radius 1 is 1.33 bits per heavy atom. The molecule has 1 saturated heterocycles. The molecule has 0 N–H and O–H groups in total. The van der Waals surface area contributed by atoms with E-state index in [0.717, 1.165) is 42.0 Å². The highest BCUT2D eigenvalue weighted by molar-refractivity contribution is 7.11. The number of fused-ring (bicyclic) bond motifs is 1. The first-order valence-electron chi connectivity index (χ1n) is 8.30. The van der Waals surface area contributed by atoms with Gasteiger partial charge in [-0.3, -0.25) is 4.79 Å². The van der Waals surface area contributed by atoms with Crippen LogP contribution < -0.4 is 0 Å². The third kappa shape index (κ3) is 2.94. The van der Waals surface area contributed by atoms with Crippen molar-refractivity contribution < 1.29 is 4.79 Å². The van der Waals surface area contributed by atoms with Crippen LogP contribution in [0.2, 0.25) is 0 Å². The number of piperidine rings is 1. The van der Waals surface area contributed by atoms with Gasteiger partial charge in [-0.1, -0.05) is 12.1 Å². The lowest BCUT2D eigenvalue weighted by Gasteiger charge is -2.32. The summed E-state index contributed by atoms with van der Waals surface area (Å²) in [6, 6.07) is 7.92. The number of carbonyl (C=O) groups excluding carboxylic acids is 1. The predicted octanol–water partition coefficient (Wildman–Crippen LogP) is 3.21. The number of aromatic nitrogens is 3. The summed E-state index contributed by atoms with van der Waals surface area (Å²) in [6.45, 7) is 4.05. The monoisotopic (exact) mass is 340 g/mol. The van der Waals surface area contributed by atoms with Gasteiger partial charge < -0.3 is 9.47 Å². The van der Waals surface area contributed by atoms with Crippen LogP contribution in [0.5, 0.6) is 0 Å².